The quantitative estimate of drug-likeness (QED) is 0.491. The average Bonchev–Trinajstić information content (AvgIpc) is 2.89. The number of hydrogen-bond acceptors (Lipinski definition) is 5. The number of nitrogens with one attached hydrogen (secondary N) is 2. The number of halogens is 3. The van der Waals surface area contributed by atoms with Crippen molar-refractivity contribution in [3.8, 4) is 0 Å². The first-order valence-corrected chi connectivity index (χ1v) is 10.9. The smallest absolute Gasteiger partial charge is 0.416 e. The van der Waals surface area contributed by atoms with E-state index in [1.54, 1.807) is 0 Å². The highest BCUT2D eigenvalue weighted by molar-refractivity contribution is 6.09. The molecule has 3 rings (SSSR count). The van der Waals surface area contributed by atoms with Crippen LogP contribution in [0.15, 0.2) is 24.3 Å². The second-order valence-corrected chi connectivity index (χ2v) is 9.95. The van der Waals surface area contributed by atoms with Crippen molar-refractivity contribution in [1.82, 2.24) is 10.2 Å². The Labute approximate surface area is 195 Å². The summed E-state index contributed by atoms with van der Waals surface area (Å²) in [6.07, 6.45) is -3.98. The Hall–Kier alpha value is -3.11. The molecule has 1 saturated carbocycles. The molecule has 3 atom stereocenters. The predicted octanol–water partition coefficient (Wildman–Crippen LogP) is 3.71. The van der Waals surface area contributed by atoms with Crippen LogP contribution < -0.4 is 10.6 Å². The molecule has 34 heavy (non-hydrogen) atoms. The highest BCUT2D eigenvalue weighted by Gasteiger charge is 2.56. The van der Waals surface area contributed by atoms with Crippen LogP contribution in [0, 0.1) is 11.3 Å². The molecule has 0 aromatic heterocycles. The van der Waals surface area contributed by atoms with E-state index in [9.17, 15) is 32.3 Å². The van der Waals surface area contributed by atoms with Gasteiger partial charge in [-0.2, -0.15) is 13.2 Å². The summed E-state index contributed by atoms with van der Waals surface area (Å²) in [5.41, 5.74) is -2.01. The number of alkyl halides is 3. The Morgan fingerprint density at radius 1 is 1.21 bits per heavy atom. The largest absolute Gasteiger partial charge is 0.451 e. The van der Waals surface area contributed by atoms with E-state index in [0.717, 1.165) is 35.6 Å². The van der Waals surface area contributed by atoms with Gasteiger partial charge in [0.1, 0.15) is 12.1 Å². The summed E-state index contributed by atoms with van der Waals surface area (Å²) in [5, 5.41) is 5.11. The van der Waals surface area contributed by atoms with Crippen molar-refractivity contribution < 1.29 is 37.1 Å². The minimum Gasteiger partial charge on any atom is -0.451 e. The first-order valence-electron chi connectivity index (χ1n) is 10.9. The predicted molar refractivity (Wildman–Crippen MR) is 115 cm³/mol. The van der Waals surface area contributed by atoms with Gasteiger partial charge in [0.15, 0.2) is 6.10 Å². The van der Waals surface area contributed by atoms with Gasteiger partial charge in [0.2, 0.25) is 0 Å². The van der Waals surface area contributed by atoms with Crippen molar-refractivity contribution in [3.05, 3.63) is 29.8 Å². The number of nitrogens with zero attached hydrogens (tertiary/aromatic N) is 1. The minimum atomic E-state index is -4.51. The number of carbonyl (C=O) groups is 4. The van der Waals surface area contributed by atoms with E-state index < -0.39 is 53.7 Å². The van der Waals surface area contributed by atoms with Gasteiger partial charge in [0.25, 0.3) is 11.8 Å². The van der Waals surface area contributed by atoms with Gasteiger partial charge in [-0.3, -0.25) is 19.3 Å². The summed E-state index contributed by atoms with van der Waals surface area (Å²) in [7, 11) is 0. The molecule has 4 amide bonds. The third kappa shape index (κ3) is 5.51. The Balaban J connectivity index is 1.58. The van der Waals surface area contributed by atoms with Gasteiger partial charge in [-0.25, -0.2) is 4.79 Å². The molecule has 1 aliphatic carbocycles. The van der Waals surface area contributed by atoms with E-state index in [2.05, 4.69) is 10.6 Å². The van der Waals surface area contributed by atoms with Crippen LogP contribution in [-0.4, -0.2) is 46.9 Å². The molecule has 0 radical (unpaired) electrons. The van der Waals surface area contributed by atoms with E-state index in [-0.39, 0.29) is 17.0 Å². The molecule has 3 unspecified atom stereocenters. The van der Waals surface area contributed by atoms with Crippen molar-refractivity contribution in [2.75, 3.05) is 11.9 Å². The maximum Gasteiger partial charge on any atom is 0.416 e. The Bertz CT molecular complexity index is 993. The molecule has 8 nitrogen and oxygen atoms in total. The number of hydrogen-bond donors (Lipinski definition) is 2. The fraction of sp³-hybridized carbons (Fsp3) is 0.565. The first kappa shape index (κ1) is 25.5. The number of anilines is 1. The lowest BCUT2D eigenvalue weighted by molar-refractivity contribution is -0.155. The van der Waals surface area contributed by atoms with Gasteiger partial charge in [0.05, 0.1) is 5.56 Å². The Morgan fingerprint density at radius 2 is 1.82 bits per heavy atom. The summed E-state index contributed by atoms with van der Waals surface area (Å²) in [4.78, 5) is 51.0. The molecule has 2 N–H and O–H groups in total. The zero-order valence-corrected chi connectivity index (χ0v) is 19.4. The standard InChI is InChI=1S/C23H28F3N3O5/c1-13-9-21(3,4)12-22(10-13)19(32)29(20(33)28-22)11-17(30)34-14(2)18(31)27-16-7-5-15(6-8-16)23(24,25)26/h5-8,13-14H,9-12H2,1-4H3,(H,27,31)(H,28,33). The lowest BCUT2D eigenvalue weighted by Crippen LogP contribution is -2.54. The molecule has 0 bridgehead atoms. The monoisotopic (exact) mass is 483 g/mol. The van der Waals surface area contributed by atoms with Crippen LogP contribution in [0.4, 0.5) is 23.7 Å². The molecule has 1 aliphatic heterocycles. The normalized spacial score (nSPS) is 25.1. The number of rotatable bonds is 5. The maximum absolute atomic E-state index is 13.1. The average molecular weight is 483 g/mol. The van der Waals surface area contributed by atoms with Crippen LogP contribution in [0.2, 0.25) is 0 Å². The van der Waals surface area contributed by atoms with Gasteiger partial charge >= 0.3 is 18.2 Å². The van der Waals surface area contributed by atoms with E-state index in [4.69, 9.17) is 4.74 Å². The molecule has 2 fully saturated rings. The molecule has 1 aromatic rings. The lowest BCUT2D eigenvalue weighted by atomic mass is 9.64. The Kier molecular flexibility index (Phi) is 6.69. The molecular weight excluding hydrogens is 455 g/mol. The molecule has 1 heterocycles. The summed E-state index contributed by atoms with van der Waals surface area (Å²) in [6, 6.07) is 3.09. The summed E-state index contributed by atoms with van der Waals surface area (Å²) in [6.45, 7) is 6.68. The number of imide groups is 1. The van der Waals surface area contributed by atoms with Crippen molar-refractivity contribution >= 4 is 29.5 Å². The van der Waals surface area contributed by atoms with Crippen LogP contribution in [0.3, 0.4) is 0 Å². The number of urea groups is 1. The van der Waals surface area contributed by atoms with Gasteiger partial charge in [-0.15, -0.1) is 0 Å². The van der Waals surface area contributed by atoms with E-state index in [0.29, 0.717) is 12.8 Å². The van der Waals surface area contributed by atoms with Crippen molar-refractivity contribution in [2.45, 2.75) is 64.8 Å². The summed E-state index contributed by atoms with van der Waals surface area (Å²) in [5.74, 6) is -2.02. The Morgan fingerprint density at radius 3 is 2.38 bits per heavy atom. The van der Waals surface area contributed by atoms with Crippen LogP contribution in [-0.2, 0) is 25.3 Å². The summed E-state index contributed by atoms with van der Waals surface area (Å²) < 4.78 is 43.0. The van der Waals surface area contributed by atoms with Gasteiger partial charge in [-0.1, -0.05) is 20.8 Å². The minimum absolute atomic E-state index is 0.0889. The molecule has 1 spiro atoms. The fourth-order valence-corrected chi connectivity index (χ4v) is 5.05. The second-order valence-electron chi connectivity index (χ2n) is 9.95. The molecule has 186 valence electrons. The van der Waals surface area contributed by atoms with E-state index in [1.165, 1.54) is 6.92 Å². The van der Waals surface area contributed by atoms with Crippen LogP contribution >= 0.6 is 0 Å². The maximum atomic E-state index is 13.1. The van der Waals surface area contributed by atoms with E-state index >= 15 is 0 Å². The van der Waals surface area contributed by atoms with Gasteiger partial charge < -0.3 is 15.4 Å². The lowest BCUT2D eigenvalue weighted by Gasteiger charge is -2.43. The number of benzene rings is 1. The van der Waals surface area contributed by atoms with Crippen LogP contribution in [0.25, 0.3) is 0 Å². The number of ether oxygens (including phenoxy) is 1. The third-order valence-corrected chi connectivity index (χ3v) is 6.07. The highest BCUT2D eigenvalue weighted by atomic mass is 19.4. The molecule has 1 aromatic carbocycles. The molecular formula is C23H28F3N3O5. The number of amides is 4. The zero-order chi connectivity index (χ0) is 25.5. The topological polar surface area (TPSA) is 105 Å². The number of carbonyl (C=O) groups excluding carboxylic acids is 4. The fourth-order valence-electron chi connectivity index (χ4n) is 5.05. The van der Waals surface area contributed by atoms with Crippen molar-refractivity contribution in [1.29, 1.82) is 0 Å². The zero-order valence-electron chi connectivity index (χ0n) is 19.4. The molecule has 11 heteroatoms. The van der Waals surface area contributed by atoms with Crippen molar-refractivity contribution in [3.63, 3.8) is 0 Å². The van der Waals surface area contributed by atoms with Crippen LogP contribution in [0.5, 0.6) is 0 Å². The summed E-state index contributed by atoms with van der Waals surface area (Å²) >= 11 is 0. The second kappa shape index (κ2) is 8.92. The first-order chi connectivity index (χ1) is 15.6. The third-order valence-electron chi connectivity index (χ3n) is 6.07. The van der Waals surface area contributed by atoms with Gasteiger partial charge in [-0.05, 0) is 61.8 Å². The number of esters is 1. The highest BCUT2D eigenvalue weighted by Crippen LogP contribution is 2.46. The van der Waals surface area contributed by atoms with E-state index in [1.807, 2.05) is 20.8 Å². The SMILES string of the molecule is CC1CC(C)(C)CC2(C1)NC(=O)N(CC(=O)OC(C)C(=O)Nc1ccc(C(F)(F)F)cc1)C2=O. The van der Waals surface area contributed by atoms with Gasteiger partial charge in [0, 0.05) is 5.69 Å². The van der Waals surface area contributed by atoms with Crippen molar-refractivity contribution in [2.24, 2.45) is 11.3 Å². The molecule has 2 aliphatic rings. The van der Waals surface area contributed by atoms with Crippen LogP contribution in [0.1, 0.15) is 52.5 Å². The molecule has 1 saturated heterocycles.